The van der Waals surface area contributed by atoms with Gasteiger partial charge in [-0.15, -0.1) is 10.2 Å². The van der Waals surface area contributed by atoms with Crippen molar-refractivity contribution in [2.24, 2.45) is 0 Å². The van der Waals surface area contributed by atoms with Crippen LogP contribution in [0.25, 0.3) is 0 Å². The zero-order valence-electron chi connectivity index (χ0n) is 17.4. The number of rotatable bonds is 9. The van der Waals surface area contributed by atoms with E-state index in [0.717, 1.165) is 40.7 Å². The van der Waals surface area contributed by atoms with Crippen molar-refractivity contribution in [3.8, 4) is 0 Å². The standard InChI is InChI=1S/C23H23ClN4O2S/c1-16-12-21(17(2)28(16)10-9-18-5-7-19(24)8-6-18)22(29)14-31-23-26-25-15-27(23)13-20-4-3-11-30-20/h3-8,11-12,15H,9-10,13-14H2,1-2H3. The molecule has 0 radical (unpaired) electrons. The topological polar surface area (TPSA) is 65.8 Å². The third kappa shape index (κ3) is 5.11. The van der Waals surface area contributed by atoms with Gasteiger partial charge in [0.1, 0.15) is 12.1 Å². The minimum atomic E-state index is 0.0865. The predicted molar refractivity (Wildman–Crippen MR) is 122 cm³/mol. The van der Waals surface area contributed by atoms with Crippen LogP contribution < -0.4 is 0 Å². The van der Waals surface area contributed by atoms with E-state index in [1.807, 2.05) is 60.9 Å². The summed E-state index contributed by atoms with van der Waals surface area (Å²) in [5, 5.41) is 9.55. The fourth-order valence-electron chi connectivity index (χ4n) is 3.56. The number of carbonyl (C=O) groups is 1. The average Bonchev–Trinajstić information content (AvgIpc) is 3.49. The second kappa shape index (κ2) is 9.58. The zero-order chi connectivity index (χ0) is 21.8. The number of furan rings is 1. The first kappa shape index (κ1) is 21.5. The highest BCUT2D eigenvalue weighted by Gasteiger charge is 2.17. The Hall–Kier alpha value is -2.77. The van der Waals surface area contributed by atoms with Crippen LogP contribution in [0.5, 0.6) is 0 Å². The molecule has 0 aliphatic rings. The van der Waals surface area contributed by atoms with Gasteiger partial charge in [0.15, 0.2) is 10.9 Å². The van der Waals surface area contributed by atoms with Crippen LogP contribution in [0.2, 0.25) is 5.02 Å². The number of aryl methyl sites for hydroxylation is 2. The zero-order valence-corrected chi connectivity index (χ0v) is 19.0. The van der Waals surface area contributed by atoms with Gasteiger partial charge in [-0.1, -0.05) is 35.5 Å². The molecule has 0 amide bonds. The number of hydrogen-bond donors (Lipinski definition) is 0. The molecule has 4 aromatic rings. The normalized spacial score (nSPS) is 11.2. The van der Waals surface area contributed by atoms with Crippen molar-refractivity contribution < 1.29 is 9.21 Å². The van der Waals surface area contributed by atoms with Crippen LogP contribution in [0, 0.1) is 13.8 Å². The molecule has 0 atom stereocenters. The van der Waals surface area contributed by atoms with Crippen molar-refractivity contribution in [3.63, 3.8) is 0 Å². The number of hydrogen-bond acceptors (Lipinski definition) is 5. The van der Waals surface area contributed by atoms with Gasteiger partial charge in [0.05, 0.1) is 18.6 Å². The molecule has 0 bridgehead atoms. The van der Waals surface area contributed by atoms with E-state index in [1.54, 1.807) is 12.6 Å². The van der Waals surface area contributed by atoms with Crippen LogP contribution in [0.15, 0.2) is 64.6 Å². The van der Waals surface area contributed by atoms with Gasteiger partial charge < -0.3 is 13.6 Å². The largest absolute Gasteiger partial charge is 0.467 e. The molecule has 0 spiro atoms. The molecule has 0 saturated heterocycles. The number of nitrogens with zero attached hydrogens (tertiary/aromatic N) is 4. The third-order valence-corrected chi connectivity index (χ3v) is 6.46. The average molecular weight is 455 g/mol. The number of Topliss-reactive ketones (excluding diaryl/α,β-unsaturated/α-hetero) is 1. The maximum Gasteiger partial charge on any atom is 0.191 e. The lowest BCUT2D eigenvalue weighted by molar-refractivity contribution is 0.102. The fourth-order valence-corrected chi connectivity index (χ4v) is 4.49. The van der Waals surface area contributed by atoms with Gasteiger partial charge >= 0.3 is 0 Å². The molecule has 6 nitrogen and oxygen atoms in total. The van der Waals surface area contributed by atoms with Gasteiger partial charge in [0, 0.05) is 28.5 Å². The summed E-state index contributed by atoms with van der Waals surface area (Å²) in [6.07, 6.45) is 4.17. The monoisotopic (exact) mass is 454 g/mol. The van der Waals surface area contributed by atoms with Crippen molar-refractivity contribution in [2.75, 3.05) is 5.75 Å². The predicted octanol–water partition coefficient (Wildman–Crippen LogP) is 5.21. The van der Waals surface area contributed by atoms with Crippen LogP contribution in [-0.2, 0) is 19.5 Å². The van der Waals surface area contributed by atoms with E-state index >= 15 is 0 Å². The van der Waals surface area contributed by atoms with Gasteiger partial charge in [-0.25, -0.2) is 0 Å². The Morgan fingerprint density at radius 2 is 2.00 bits per heavy atom. The third-order valence-electron chi connectivity index (χ3n) is 5.23. The SMILES string of the molecule is Cc1cc(C(=O)CSc2nncn2Cc2ccco2)c(C)n1CCc1ccc(Cl)cc1. The number of benzene rings is 1. The molecule has 0 unspecified atom stereocenters. The molecule has 160 valence electrons. The molecule has 4 rings (SSSR count). The number of ketones is 1. The summed E-state index contributed by atoms with van der Waals surface area (Å²) in [4.78, 5) is 12.9. The Morgan fingerprint density at radius 1 is 1.19 bits per heavy atom. The van der Waals surface area contributed by atoms with Gasteiger partial charge in [0.2, 0.25) is 0 Å². The van der Waals surface area contributed by atoms with E-state index in [2.05, 4.69) is 14.8 Å². The Labute approximate surface area is 190 Å². The van der Waals surface area contributed by atoms with Crippen molar-refractivity contribution in [2.45, 2.75) is 38.5 Å². The first-order valence-corrected chi connectivity index (χ1v) is 11.3. The molecular weight excluding hydrogens is 432 g/mol. The minimum absolute atomic E-state index is 0.0865. The van der Waals surface area contributed by atoms with Gasteiger partial charge in [-0.2, -0.15) is 0 Å². The summed E-state index contributed by atoms with van der Waals surface area (Å²) in [5.74, 6) is 1.21. The number of halogens is 1. The van der Waals surface area contributed by atoms with Crippen molar-refractivity contribution in [1.29, 1.82) is 0 Å². The molecule has 0 aliphatic carbocycles. The minimum Gasteiger partial charge on any atom is -0.467 e. The molecule has 1 aromatic carbocycles. The summed E-state index contributed by atoms with van der Waals surface area (Å²) in [6.45, 7) is 5.40. The Morgan fingerprint density at radius 3 is 2.74 bits per heavy atom. The second-order valence-electron chi connectivity index (χ2n) is 7.35. The summed E-state index contributed by atoms with van der Waals surface area (Å²) >= 11 is 7.36. The lowest BCUT2D eigenvalue weighted by Gasteiger charge is -2.10. The van der Waals surface area contributed by atoms with Crippen LogP contribution in [0.4, 0.5) is 0 Å². The molecule has 0 saturated carbocycles. The maximum absolute atomic E-state index is 12.9. The fraction of sp³-hybridized carbons (Fsp3) is 0.261. The summed E-state index contributed by atoms with van der Waals surface area (Å²) in [7, 11) is 0. The van der Waals surface area contributed by atoms with Gasteiger partial charge in [0.25, 0.3) is 0 Å². The second-order valence-corrected chi connectivity index (χ2v) is 8.72. The number of carbonyl (C=O) groups excluding carboxylic acids is 1. The highest BCUT2D eigenvalue weighted by atomic mass is 35.5. The quantitative estimate of drug-likeness (QED) is 0.256. The molecule has 0 N–H and O–H groups in total. The van der Waals surface area contributed by atoms with E-state index in [-0.39, 0.29) is 5.78 Å². The van der Waals surface area contributed by atoms with E-state index in [4.69, 9.17) is 16.0 Å². The van der Waals surface area contributed by atoms with Crippen molar-refractivity contribution in [1.82, 2.24) is 19.3 Å². The molecule has 8 heteroatoms. The smallest absolute Gasteiger partial charge is 0.191 e. The highest BCUT2D eigenvalue weighted by molar-refractivity contribution is 7.99. The first-order chi connectivity index (χ1) is 15.0. The van der Waals surface area contributed by atoms with Crippen molar-refractivity contribution in [3.05, 3.63) is 88.4 Å². The Bertz CT molecular complexity index is 1160. The Kier molecular flexibility index (Phi) is 6.63. The summed E-state index contributed by atoms with van der Waals surface area (Å²) in [5.41, 5.74) is 4.06. The molecule has 3 aromatic heterocycles. The van der Waals surface area contributed by atoms with Crippen LogP contribution >= 0.6 is 23.4 Å². The molecule has 0 fully saturated rings. The first-order valence-electron chi connectivity index (χ1n) is 9.98. The Balaban J connectivity index is 1.40. The van der Waals surface area contributed by atoms with Crippen LogP contribution in [0.1, 0.15) is 33.1 Å². The van der Waals surface area contributed by atoms with Crippen molar-refractivity contribution >= 4 is 29.1 Å². The maximum atomic E-state index is 12.9. The lowest BCUT2D eigenvalue weighted by Crippen LogP contribution is -2.09. The van der Waals surface area contributed by atoms with E-state index in [9.17, 15) is 4.79 Å². The van der Waals surface area contributed by atoms with Gasteiger partial charge in [-0.05, 0) is 56.2 Å². The summed E-state index contributed by atoms with van der Waals surface area (Å²) in [6, 6.07) is 13.6. The van der Waals surface area contributed by atoms with E-state index in [0.29, 0.717) is 17.5 Å². The van der Waals surface area contributed by atoms with Crippen LogP contribution in [-0.4, -0.2) is 30.9 Å². The number of aromatic nitrogens is 4. The molecular formula is C23H23ClN4O2S. The molecule has 0 aliphatic heterocycles. The highest BCUT2D eigenvalue weighted by Crippen LogP contribution is 2.22. The van der Waals surface area contributed by atoms with Crippen LogP contribution in [0.3, 0.4) is 0 Å². The van der Waals surface area contributed by atoms with E-state index in [1.165, 1.54) is 17.3 Å². The molecule has 31 heavy (non-hydrogen) atoms. The van der Waals surface area contributed by atoms with Gasteiger partial charge in [-0.3, -0.25) is 4.79 Å². The summed E-state index contributed by atoms with van der Waals surface area (Å²) < 4.78 is 9.47. The number of thioether (sulfide) groups is 1. The van der Waals surface area contributed by atoms with E-state index < -0.39 is 0 Å². The lowest BCUT2D eigenvalue weighted by atomic mass is 10.1. The molecule has 3 heterocycles.